The summed E-state index contributed by atoms with van der Waals surface area (Å²) in [6, 6.07) is 24.8. The van der Waals surface area contributed by atoms with Crippen molar-refractivity contribution in [3.8, 4) is 28.3 Å². The molecule has 2 heteroatoms. The summed E-state index contributed by atoms with van der Waals surface area (Å²) in [5.41, 5.74) is 7.19. The molecule has 0 saturated heterocycles. The first kappa shape index (κ1) is 18.6. The normalized spacial score (nSPS) is 13.1. The van der Waals surface area contributed by atoms with Gasteiger partial charge in [-0.15, -0.1) is 0 Å². The third kappa shape index (κ3) is 3.83. The van der Waals surface area contributed by atoms with E-state index in [-0.39, 0.29) is 0 Å². The average Bonchev–Trinajstić information content (AvgIpc) is 3.09. The molecule has 0 saturated carbocycles. The summed E-state index contributed by atoms with van der Waals surface area (Å²) in [4.78, 5) is 0. The summed E-state index contributed by atoms with van der Waals surface area (Å²) in [5.74, 6) is -0.638. The lowest BCUT2D eigenvalue weighted by Crippen LogP contribution is -2.29. The fourth-order valence-electron chi connectivity index (χ4n) is 4.34. The van der Waals surface area contributed by atoms with Crippen molar-refractivity contribution in [3.63, 3.8) is 0 Å². The van der Waals surface area contributed by atoms with Crippen LogP contribution >= 0.6 is 0 Å². The number of rotatable bonds is 5. The van der Waals surface area contributed by atoms with Gasteiger partial charge in [0.25, 0.3) is 5.82 Å². The molecule has 158 valence electrons. The lowest BCUT2D eigenvalue weighted by Gasteiger charge is -2.19. The molecular formula is C29H33N2+. The van der Waals surface area contributed by atoms with Crippen LogP contribution in [0.2, 0.25) is 0 Å². The standard InChI is InChI=1S/C29H33N2/c1-20(2)24-17-12-18-25(21(3)4)28(24)31-27(23-14-8-7-9-15-23)19-30(6)29(31)26-16-11-10-13-22(26)5/h7-21H,1-6H3/q+1/i20D,21D. The maximum atomic E-state index is 8.98. The Morgan fingerprint density at radius 1 is 0.774 bits per heavy atom. The first-order valence-electron chi connectivity index (χ1n) is 11.9. The van der Waals surface area contributed by atoms with Crippen molar-refractivity contribution in [2.75, 3.05) is 0 Å². The number of hydrogen-bond acceptors (Lipinski definition) is 0. The molecule has 0 spiro atoms. The Labute approximate surface area is 189 Å². The van der Waals surface area contributed by atoms with Gasteiger partial charge in [0, 0.05) is 19.4 Å². The van der Waals surface area contributed by atoms with E-state index in [0.717, 1.165) is 39.5 Å². The Morgan fingerprint density at radius 3 is 1.94 bits per heavy atom. The van der Waals surface area contributed by atoms with E-state index in [9.17, 15) is 0 Å². The minimum absolute atomic E-state index is 0.837. The monoisotopic (exact) mass is 411 g/mol. The lowest BCUT2D eigenvalue weighted by molar-refractivity contribution is -0.659. The van der Waals surface area contributed by atoms with Crippen LogP contribution in [-0.2, 0) is 7.05 Å². The second-order valence-electron chi connectivity index (χ2n) is 8.67. The maximum Gasteiger partial charge on any atom is 0.294 e. The molecule has 0 aliphatic rings. The van der Waals surface area contributed by atoms with Gasteiger partial charge in [-0.2, -0.15) is 4.57 Å². The van der Waals surface area contributed by atoms with Crippen molar-refractivity contribution in [1.82, 2.24) is 4.57 Å². The first-order valence-corrected chi connectivity index (χ1v) is 10.9. The van der Waals surface area contributed by atoms with Crippen LogP contribution in [0.15, 0.2) is 79.0 Å². The zero-order valence-corrected chi connectivity index (χ0v) is 19.4. The predicted molar refractivity (Wildman–Crippen MR) is 131 cm³/mol. The van der Waals surface area contributed by atoms with Crippen LogP contribution in [0.4, 0.5) is 0 Å². The molecule has 4 aromatic rings. The second kappa shape index (κ2) is 8.55. The summed E-state index contributed by atoms with van der Waals surface area (Å²) in [6.07, 6.45) is 2.16. The summed E-state index contributed by atoms with van der Waals surface area (Å²) in [5, 5.41) is 0. The summed E-state index contributed by atoms with van der Waals surface area (Å²) >= 11 is 0. The van der Waals surface area contributed by atoms with Crippen LogP contribution in [0, 0.1) is 6.92 Å². The van der Waals surface area contributed by atoms with Gasteiger partial charge < -0.3 is 0 Å². The van der Waals surface area contributed by atoms with Gasteiger partial charge >= 0.3 is 0 Å². The van der Waals surface area contributed by atoms with Crippen LogP contribution in [-0.4, -0.2) is 4.57 Å². The van der Waals surface area contributed by atoms with Gasteiger partial charge in [0.05, 0.1) is 12.6 Å². The molecule has 0 atom stereocenters. The topological polar surface area (TPSA) is 8.81 Å². The quantitative estimate of drug-likeness (QED) is 0.307. The highest BCUT2D eigenvalue weighted by atomic mass is 15.2. The Kier molecular flexibility index (Phi) is 5.13. The van der Waals surface area contributed by atoms with Crippen molar-refractivity contribution in [3.05, 3.63) is 95.7 Å². The van der Waals surface area contributed by atoms with E-state index in [4.69, 9.17) is 2.74 Å². The summed E-state index contributed by atoms with van der Waals surface area (Å²) < 4.78 is 22.4. The van der Waals surface area contributed by atoms with Crippen molar-refractivity contribution in [2.24, 2.45) is 7.05 Å². The number of aromatic nitrogens is 2. The van der Waals surface area contributed by atoms with E-state index >= 15 is 0 Å². The Hall–Kier alpha value is -3.13. The molecular weight excluding hydrogens is 376 g/mol. The van der Waals surface area contributed by atoms with Crippen LogP contribution in [0.3, 0.4) is 0 Å². The van der Waals surface area contributed by atoms with Crippen molar-refractivity contribution >= 4 is 0 Å². The predicted octanol–water partition coefficient (Wildman–Crippen LogP) is 7.19. The highest BCUT2D eigenvalue weighted by Gasteiger charge is 2.31. The molecule has 2 nitrogen and oxygen atoms in total. The Balaban J connectivity index is 2.22. The van der Waals surface area contributed by atoms with Gasteiger partial charge in [0.1, 0.15) is 11.9 Å². The number of hydrogen-bond donors (Lipinski definition) is 0. The van der Waals surface area contributed by atoms with E-state index in [1.54, 1.807) is 0 Å². The Morgan fingerprint density at radius 2 is 1.35 bits per heavy atom. The van der Waals surface area contributed by atoms with Gasteiger partial charge in [-0.3, -0.25) is 0 Å². The van der Waals surface area contributed by atoms with Gasteiger partial charge in [-0.25, -0.2) is 4.57 Å². The number of para-hydroxylation sites is 1. The minimum Gasteiger partial charge on any atom is -0.232 e. The van der Waals surface area contributed by atoms with Gasteiger partial charge in [-0.05, 0) is 30.3 Å². The summed E-state index contributed by atoms with van der Waals surface area (Å²) in [6.45, 7) is 9.82. The molecule has 31 heavy (non-hydrogen) atoms. The van der Waals surface area contributed by atoms with E-state index in [1.165, 1.54) is 5.56 Å². The fourth-order valence-corrected chi connectivity index (χ4v) is 4.34. The lowest BCUT2D eigenvalue weighted by atomic mass is 9.92. The van der Waals surface area contributed by atoms with Gasteiger partial charge in [0.2, 0.25) is 0 Å². The van der Waals surface area contributed by atoms with Crippen LogP contribution < -0.4 is 4.57 Å². The van der Waals surface area contributed by atoms with E-state index in [0.29, 0.717) is 0 Å². The number of imidazole rings is 1. The number of benzene rings is 3. The highest BCUT2D eigenvalue weighted by molar-refractivity contribution is 5.71. The third-order valence-corrected chi connectivity index (χ3v) is 5.90. The van der Waals surface area contributed by atoms with Gasteiger partial charge in [-0.1, -0.05) is 94.4 Å². The number of nitrogens with zero attached hydrogens (tertiary/aromatic N) is 2. The van der Waals surface area contributed by atoms with Crippen molar-refractivity contribution < 1.29 is 7.31 Å². The van der Waals surface area contributed by atoms with Crippen LogP contribution in [0.5, 0.6) is 0 Å². The van der Waals surface area contributed by atoms with Crippen LogP contribution in [0.1, 0.15) is 58.9 Å². The molecule has 4 rings (SSSR count). The largest absolute Gasteiger partial charge is 0.294 e. The molecule has 1 aromatic heterocycles. The highest BCUT2D eigenvalue weighted by Crippen LogP contribution is 2.37. The number of aryl methyl sites for hydroxylation is 2. The maximum absolute atomic E-state index is 8.98. The molecule has 0 radical (unpaired) electrons. The molecule has 0 aliphatic heterocycles. The van der Waals surface area contributed by atoms with Crippen molar-refractivity contribution in [1.29, 1.82) is 0 Å². The molecule has 0 aliphatic carbocycles. The Bertz CT molecular complexity index is 1260. The van der Waals surface area contributed by atoms with Crippen molar-refractivity contribution in [2.45, 2.75) is 46.4 Å². The average molecular weight is 412 g/mol. The molecule has 0 bridgehead atoms. The first-order chi connectivity index (χ1) is 15.5. The molecule has 3 aromatic carbocycles. The summed E-state index contributed by atoms with van der Waals surface area (Å²) in [7, 11) is 2.07. The van der Waals surface area contributed by atoms with Crippen LogP contribution in [0.25, 0.3) is 28.3 Å². The molecule has 0 N–H and O–H groups in total. The SMILES string of the molecule is [2H]C(C)(C)c1cccc(C([2H])(C)C)c1-n1c(-c2ccccc2)c[n+](C)c1-c1ccccc1C. The van der Waals surface area contributed by atoms with Gasteiger partial charge in [0.15, 0.2) is 5.69 Å². The van der Waals surface area contributed by atoms with E-state index in [2.05, 4.69) is 77.8 Å². The molecule has 1 heterocycles. The van der Waals surface area contributed by atoms with E-state index in [1.807, 2.05) is 52.0 Å². The smallest absolute Gasteiger partial charge is 0.232 e. The molecule has 0 fully saturated rings. The zero-order chi connectivity index (χ0) is 24.0. The zero-order valence-electron chi connectivity index (χ0n) is 21.4. The minimum atomic E-state index is -0.837. The third-order valence-electron chi connectivity index (χ3n) is 5.90. The fraction of sp³-hybridized carbons (Fsp3) is 0.276. The molecule has 0 unspecified atom stereocenters. The van der Waals surface area contributed by atoms with E-state index < -0.39 is 11.8 Å². The molecule has 0 amide bonds. The second-order valence-corrected chi connectivity index (χ2v) is 8.67.